The lowest BCUT2D eigenvalue weighted by atomic mass is 10.0. The van der Waals surface area contributed by atoms with Gasteiger partial charge in [0, 0.05) is 11.9 Å². The first-order chi connectivity index (χ1) is 16.7. The van der Waals surface area contributed by atoms with Crippen LogP contribution in [0.2, 0.25) is 0 Å². The van der Waals surface area contributed by atoms with Crippen molar-refractivity contribution in [2.75, 3.05) is 4.90 Å². The minimum absolute atomic E-state index is 0.0812. The van der Waals surface area contributed by atoms with Gasteiger partial charge in [-0.2, -0.15) is 0 Å². The van der Waals surface area contributed by atoms with Gasteiger partial charge in [0.05, 0.1) is 10.6 Å². The molecule has 3 aromatic carbocycles. The molecule has 0 N–H and O–H groups in total. The van der Waals surface area contributed by atoms with Crippen molar-refractivity contribution in [3.63, 3.8) is 0 Å². The third-order valence-electron chi connectivity index (χ3n) is 6.07. The molecule has 0 fully saturated rings. The molecule has 0 saturated heterocycles. The molecule has 0 amide bonds. The largest absolute Gasteiger partial charge is 0.286 e. The predicted octanol–water partition coefficient (Wildman–Crippen LogP) is 6.78. The van der Waals surface area contributed by atoms with Crippen LogP contribution in [0.1, 0.15) is 27.6 Å². The zero-order valence-corrected chi connectivity index (χ0v) is 19.9. The predicted molar refractivity (Wildman–Crippen MR) is 141 cm³/mol. The summed E-state index contributed by atoms with van der Waals surface area (Å²) in [7, 11) is 0. The second kappa shape index (κ2) is 8.43. The fourth-order valence-electron chi connectivity index (χ4n) is 4.29. The molecule has 166 valence electrons. The van der Waals surface area contributed by atoms with E-state index < -0.39 is 0 Å². The lowest BCUT2D eigenvalue weighted by Crippen LogP contribution is -2.33. The maximum atomic E-state index is 5.16. The molecule has 34 heavy (non-hydrogen) atoms. The van der Waals surface area contributed by atoms with E-state index in [1.807, 2.05) is 6.08 Å². The Bertz CT molecular complexity index is 1500. The highest BCUT2D eigenvalue weighted by Crippen LogP contribution is 2.42. The number of allylic oxidation sites excluding steroid dienone is 2. The Morgan fingerprint density at radius 2 is 1.53 bits per heavy atom. The lowest BCUT2D eigenvalue weighted by molar-refractivity contribution is 0.847. The number of fused-ring (bicyclic) bond motifs is 3. The van der Waals surface area contributed by atoms with Crippen LogP contribution < -0.4 is 9.70 Å². The molecule has 2 aliphatic heterocycles. The van der Waals surface area contributed by atoms with Crippen molar-refractivity contribution in [2.24, 2.45) is 9.98 Å². The average molecular weight is 461 g/mol. The molecule has 0 radical (unpaired) electrons. The smallest absolute Gasteiger partial charge is 0.196 e. The Hall–Kier alpha value is -3.96. The second-order valence-electron chi connectivity index (χ2n) is 8.56. The molecular weight excluding hydrogens is 436 g/mol. The SMILES string of the molecule is Cc1ccc(N=c2sc3c(n2-c2ccc(C)cc2)N2C=CC=CC2=NC3c2ccccc2)cc1. The van der Waals surface area contributed by atoms with Crippen LogP contribution in [0.25, 0.3) is 5.69 Å². The number of aromatic nitrogens is 1. The highest BCUT2D eigenvalue weighted by molar-refractivity contribution is 7.10. The topological polar surface area (TPSA) is 32.9 Å². The van der Waals surface area contributed by atoms with Crippen molar-refractivity contribution in [1.29, 1.82) is 0 Å². The van der Waals surface area contributed by atoms with Crippen LogP contribution in [0.5, 0.6) is 0 Å². The van der Waals surface area contributed by atoms with E-state index in [1.54, 1.807) is 11.3 Å². The molecule has 2 aliphatic rings. The highest BCUT2D eigenvalue weighted by atomic mass is 32.1. The van der Waals surface area contributed by atoms with Crippen LogP contribution in [0.4, 0.5) is 11.5 Å². The molecular formula is C29H24N4S. The van der Waals surface area contributed by atoms with E-state index in [9.17, 15) is 0 Å². The number of hydrogen-bond acceptors (Lipinski definition) is 4. The molecule has 3 heterocycles. The number of rotatable bonds is 3. The third-order valence-corrected chi connectivity index (χ3v) is 7.15. The van der Waals surface area contributed by atoms with E-state index in [1.165, 1.54) is 21.6 Å². The number of hydrogen-bond donors (Lipinski definition) is 0. The van der Waals surface area contributed by atoms with Gasteiger partial charge in [0.1, 0.15) is 17.7 Å². The normalized spacial score (nSPS) is 16.9. The summed E-state index contributed by atoms with van der Waals surface area (Å²) in [6, 6.07) is 27.5. The standard InChI is InChI=1S/C29H24N4S/c1-20-11-15-23(16-12-20)30-29-33(24-17-13-21(2)14-18-24)28-27(34-29)26(22-8-4-3-5-9-22)31-25-10-6-7-19-32(25)28/h3-19,26H,1-2H3. The van der Waals surface area contributed by atoms with E-state index in [4.69, 9.17) is 9.98 Å². The van der Waals surface area contributed by atoms with Crippen LogP contribution in [0, 0.1) is 13.8 Å². The molecule has 0 spiro atoms. The molecule has 0 aliphatic carbocycles. The minimum Gasteiger partial charge on any atom is -0.286 e. The quantitative estimate of drug-likeness (QED) is 0.332. The molecule has 4 nitrogen and oxygen atoms in total. The van der Waals surface area contributed by atoms with Crippen molar-refractivity contribution in [3.05, 3.63) is 130 Å². The number of nitrogens with zero attached hydrogens (tertiary/aromatic N) is 4. The van der Waals surface area contributed by atoms with Crippen molar-refractivity contribution >= 4 is 28.7 Å². The number of amidine groups is 1. The fourth-order valence-corrected chi connectivity index (χ4v) is 5.51. The highest BCUT2D eigenvalue weighted by Gasteiger charge is 2.33. The molecule has 1 unspecified atom stereocenters. The Morgan fingerprint density at radius 1 is 0.824 bits per heavy atom. The number of aryl methyl sites for hydroxylation is 2. The third kappa shape index (κ3) is 3.64. The molecule has 1 atom stereocenters. The molecule has 5 heteroatoms. The Kier molecular flexibility index (Phi) is 5.12. The van der Waals surface area contributed by atoms with Crippen LogP contribution in [0.15, 0.2) is 113 Å². The summed E-state index contributed by atoms with van der Waals surface area (Å²) >= 11 is 1.71. The van der Waals surface area contributed by atoms with Crippen molar-refractivity contribution in [3.8, 4) is 5.69 Å². The van der Waals surface area contributed by atoms with Gasteiger partial charge >= 0.3 is 0 Å². The average Bonchev–Trinajstić information content (AvgIpc) is 3.25. The van der Waals surface area contributed by atoms with Gasteiger partial charge in [-0.25, -0.2) is 4.99 Å². The fraction of sp³-hybridized carbons (Fsp3) is 0.103. The summed E-state index contributed by atoms with van der Waals surface area (Å²) in [5.41, 5.74) is 5.67. The van der Waals surface area contributed by atoms with E-state index >= 15 is 0 Å². The summed E-state index contributed by atoms with van der Waals surface area (Å²) in [5.74, 6) is 2.03. The number of benzene rings is 3. The number of anilines is 1. The van der Waals surface area contributed by atoms with Crippen LogP contribution >= 0.6 is 11.3 Å². The first-order valence-electron chi connectivity index (χ1n) is 11.4. The van der Waals surface area contributed by atoms with Crippen LogP contribution in [0.3, 0.4) is 0 Å². The Morgan fingerprint density at radius 3 is 2.26 bits per heavy atom. The monoisotopic (exact) mass is 460 g/mol. The number of thiazole rings is 1. The van der Waals surface area contributed by atoms with Crippen molar-refractivity contribution in [2.45, 2.75) is 19.9 Å². The van der Waals surface area contributed by atoms with E-state index in [-0.39, 0.29) is 6.04 Å². The van der Waals surface area contributed by atoms with Gasteiger partial charge in [0.15, 0.2) is 4.80 Å². The Labute approximate surface area is 203 Å². The minimum atomic E-state index is -0.0812. The van der Waals surface area contributed by atoms with Gasteiger partial charge in [0.25, 0.3) is 0 Å². The molecule has 4 aromatic rings. The van der Waals surface area contributed by atoms with Crippen LogP contribution in [-0.2, 0) is 0 Å². The maximum Gasteiger partial charge on any atom is 0.196 e. The Balaban J connectivity index is 1.65. The summed E-state index contributed by atoms with van der Waals surface area (Å²) in [4.78, 5) is 14.6. The summed E-state index contributed by atoms with van der Waals surface area (Å²) in [5, 5.41) is 0. The van der Waals surface area contributed by atoms with Gasteiger partial charge in [-0.15, -0.1) is 0 Å². The lowest BCUT2D eigenvalue weighted by Gasteiger charge is -2.31. The molecule has 6 rings (SSSR count). The maximum absolute atomic E-state index is 5.16. The van der Waals surface area contributed by atoms with Gasteiger partial charge in [-0.05, 0) is 55.8 Å². The van der Waals surface area contributed by atoms with Gasteiger partial charge in [-0.3, -0.25) is 14.5 Å². The van der Waals surface area contributed by atoms with E-state index in [0.29, 0.717) is 0 Å². The van der Waals surface area contributed by atoms with E-state index in [0.717, 1.165) is 27.8 Å². The van der Waals surface area contributed by atoms with Crippen LogP contribution in [-0.4, -0.2) is 10.4 Å². The number of aliphatic imine (C=N–C) groups is 1. The van der Waals surface area contributed by atoms with Crippen molar-refractivity contribution < 1.29 is 0 Å². The zero-order valence-electron chi connectivity index (χ0n) is 19.1. The van der Waals surface area contributed by atoms with Crippen molar-refractivity contribution in [1.82, 2.24) is 4.57 Å². The molecule has 0 bridgehead atoms. The molecule has 1 aromatic heterocycles. The molecule has 0 saturated carbocycles. The summed E-state index contributed by atoms with van der Waals surface area (Å²) in [6.07, 6.45) is 8.26. The van der Waals surface area contributed by atoms with Gasteiger partial charge < -0.3 is 0 Å². The first-order valence-corrected chi connectivity index (χ1v) is 12.2. The zero-order chi connectivity index (χ0) is 23.1. The van der Waals surface area contributed by atoms with Gasteiger partial charge in [0.2, 0.25) is 0 Å². The van der Waals surface area contributed by atoms with E-state index in [2.05, 4.69) is 121 Å². The summed E-state index contributed by atoms with van der Waals surface area (Å²) < 4.78 is 2.27. The van der Waals surface area contributed by atoms with Gasteiger partial charge in [-0.1, -0.05) is 83.1 Å². The summed E-state index contributed by atoms with van der Waals surface area (Å²) in [6.45, 7) is 4.21. The first kappa shape index (κ1) is 20.6. The second-order valence-corrected chi connectivity index (χ2v) is 9.57.